The van der Waals surface area contributed by atoms with E-state index in [4.69, 9.17) is 15.3 Å². The number of hydrogen-bond donors (Lipinski definition) is 2. The van der Waals surface area contributed by atoms with Crippen LogP contribution in [0.5, 0.6) is 5.75 Å². The number of ether oxygens (including phenoxy) is 2. The van der Waals surface area contributed by atoms with Gasteiger partial charge in [0.1, 0.15) is 11.4 Å². The van der Waals surface area contributed by atoms with E-state index in [1.165, 1.54) is 12.8 Å². The molecular weight excluding hydrogens is 254 g/mol. The van der Waals surface area contributed by atoms with Gasteiger partial charge in [-0.3, -0.25) is 10.8 Å². The lowest BCUT2D eigenvalue weighted by molar-refractivity contribution is -0.0556. The zero-order valence-electron chi connectivity index (χ0n) is 12.4. The Labute approximate surface area is 120 Å². The molecule has 0 aliphatic heterocycles. The van der Waals surface area contributed by atoms with Crippen molar-refractivity contribution in [2.24, 2.45) is 5.84 Å². The molecule has 0 saturated heterocycles. The highest BCUT2D eigenvalue weighted by Gasteiger charge is 2.41. The average molecular weight is 279 g/mol. The monoisotopic (exact) mass is 279 g/mol. The summed E-state index contributed by atoms with van der Waals surface area (Å²) >= 11 is 0. The third kappa shape index (κ3) is 2.95. The molecule has 112 valence electrons. The molecule has 5 heteroatoms. The molecule has 0 bridgehead atoms. The van der Waals surface area contributed by atoms with Crippen LogP contribution in [0.3, 0.4) is 0 Å². The molecule has 1 aromatic heterocycles. The largest absolute Gasteiger partial charge is 0.495 e. The maximum atomic E-state index is 5.93. The van der Waals surface area contributed by atoms with Crippen molar-refractivity contribution in [2.75, 3.05) is 14.2 Å². The molecule has 0 radical (unpaired) electrons. The van der Waals surface area contributed by atoms with Crippen molar-refractivity contribution in [2.45, 2.75) is 50.2 Å². The summed E-state index contributed by atoms with van der Waals surface area (Å²) in [5.74, 6) is 6.59. The van der Waals surface area contributed by atoms with Crippen LogP contribution in [0.2, 0.25) is 0 Å². The van der Waals surface area contributed by atoms with E-state index >= 15 is 0 Å². The Morgan fingerprint density at radius 2 is 1.95 bits per heavy atom. The van der Waals surface area contributed by atoms with E-state index in [0.29, 0.717) is 0 Å². The van der Waals surface area contributed by atoms with Crippen molar-refractivity contribution < 1.29 is 9.47 Å². The Hall–Kier alpha value is -1.17. The Balaban J connectivity index is 2.37. The zero-order valence-corrected chi connectivity index (χ0v) is 12.4. The Kier molecular flexibility index (Phi) is 5.34. The summed E-state index contributed by atoms with van der Waals surface area (Å²) in [6, 6.07) is 3.61. The second-order valence-corrected chi connectivity index (χ2v) is 5.37. The molecule has 20 heavy (non-hydrogen) atoms. The summed E-state index contributed by atoms with van der Waals surface area (Å²) in [5.41, 5.74) is 3.42. The molecule has 0 aromatic carbocycles. The maximum Gasteiger partial charge on any atom is 0.142 e. The number of hydrogen-bond acceptors (Lipinski definition) is 5. The van der Waals surface area contributed by atoms with Crippen LogP contribution in [-0.4, -0.2) is 24.8 Å². The van der Waals surface area contributed by atoms with Gasteiger partial charge in [0.25, 0.3) is 0 Å². The molecule has 3 N–H and O–H groups in total. The van der Waals surface area contributed by atoms with Gasteiger partial charge in [0, 0.05) is 13.3 Å². The highest BCUT2D eigenvalue weighted by molar-refractivity contribution is 5.31. The van der Waals surface area contributed by atoms with Crippen molar-refractivity contribution in [3.8, 4) is 5.75 Å². The minimum Gasteiger partial charge on any atom is -0.495 e. The van der Waals surface area contributed by atoms with Gasteiger partial charge >= 0.3 is 0 Å². The lowest BCUT2D eigenvalue weighted by Gasteiger charge is -2.38. The second-order valence-electron chi connectivity index (χ2n) is 5.37. The minimum absolute atomic E-state index is 0.165. The third-order valence-electron chi connectivity index (χ3n) is 4.34. The number of hydrazine groups is 1. The number of methoxy groups -OCH3 is 2. The number of aromatic nitrogens is 1. The van der Waals surface area contributed by atoms with Gasteiger partial charge < -0.3 is 9.47 Å². The fourth-order valence-corrected chi connectivity index (χ4v) is 3.21. The van der Waals surface area contributed by atoms with Gasteiger partial charge in [-0.1, -0.05) is 25.7 Å². The van der Waals surface area contributed by atoms with Gasteiger partial charge in [0.2, 0.25) is 0 Å². The lowest BCUT2D eigenvalue weighted by atomic mass is 9.84. The number of nitrogens with zero attached hydrogens (tertiary/aromatic N) is 1. The van der Waals surface area contributed by atoms with Gasteiger partial charge in [0.05, 0.1) is 18.8 Å². The summed E-state index contributed by atoms with van der Waals surface area (Å²) in [7, 11) is 3.42. The van der Waals surface area contributed by atoms with Gasteiger partial charge in [0.15, 0.2) is 0 Å². The van der Waals surface area contributed by atoms with Crippen LogP contribution in [0.4, 0.5) is 0 Å². The quantitative estimate of drug-likeness (QED) is 0.492. The van der Waals surface area contributed by atoms with E-state index in [9.17, 15) is 0 Å². The molecule has 1 aromatic rings. The van der Waals surface area contributed by atoms with Gasteiger partial charge in [-0.15, -0.1) is 0 Å². The van der Waals surface area contributed by atoms with E-state index in [1.54, 1.807) is 20.4 Å². The summed E-state index contributed by atoms with van der Waals surface area (Å²) in [6.45, 7) is 0. The molecule has 2 rings (SSSR count). The predicted octanol–water partition coefficient (Wildman–Crippen LogP) is 2.33. The predicted molar refractivity (Wildman–Crippen MR) is 78.3 cm³/mol. The molecule has 1 fully saturated rings. The number of rotatable bonds is 5. The van der Waals surface area contributed by atoms with Crippen LogP contribution < -0.4 is 16.0 Å². The topological polar surface area (TPSA) is 69.4 Å². The Morgan fingerprint density at radius 1 is 1.25 bits per heavy atom. The molecule has 1 heterocycles. The minimum atomic E-state index is -0.313. The fraction of sp³-hybridized carbons (Fsp3) is 0.667. The van der Waals surface area contributed by atoms with Gasteiger partial charge in [-0.05, 0) is 25.0 Å². The van der Waals surface area contributed by atoms with Crippen LogP contribution in [0, 0.1) is 0 Å². The first-order chi connectivity index (χ1) is 9.77. The Bertz CT molecular complexity index is 417. The van der Waals surface area contributed by atoms with Gasteiger partial charge in [-0.25, -0.2) is 5.43 Å². The van der Waals surface area contributed by atoms with E-state index in [2.05, 4.69) is 10.4 Å². The molecular formula is C15H25N3O2. The smallest absolute Gasteiger partial charge is 0.142 e. The summed E-state index contributed by atoms with van der Waals surface area (Å²) < 4.78 is 11.4. The van der Waals surface area contributed by atoms with E-state index < -0.39 is 0 Å². The van der Waals surface area contributed by atoms with Crippen molar-refractivity contribution in [3.05, 3.63) is 24.0 Å². The van der Waals surface area contributed by atoms with Crippen molar-refractivity contribution >= 4 is 0 Å². The van der Waals surface area contributed by atoms with Crippen molar-refractivity contribution in [3.63, 3.8) is 0 Å². The molecule has 5 nitrogen and oxygen atoms in total. The maximum absolute atomic E-state index is 5.93. The molecule has 1 unspecified atom stereocenters. The zero-order chi connectivity index (χ0) is 14.4. The lowest BCUT2D eigenvalue weighted by Crippen LogP contribution is -2.48. The van der Waals surface area contributed by atoms with E-state index in [-0.39, 0.29) is 11.6 Å². The summed E-state index contributed by atoms with van der Waals surface area (Å²) in [5, 5.41) is 0. The number of nitrogens with one attached hydrogen (secondary N) is 1. The molecule has 1 aliphatic rings. The standard InChI is InChI=1S/C15H25N3O2/c1-19-12-8-7-11-17-13(12)14(18-16)15(20-2)9-5-3-4-6-10-15/h7-8,11,14,18H,3-6,9-10,16H2,1-2H3. The van der Waals surface area contributed by atoms with Crippen molar-refractivity contribution in [1.29, 1.82) is 0 Å². The van der Waals surface area contributed by atoms with Crippen LogP contribution in [0.1, 0.15) is 50.3 Å². The first kappa shape index (κ1) is 15.2. The first-order valence-corrected chi connectivity index (χ1v) is 7.27. The van der Waals surface area contributed by atoms with Crippen LogP contribution in [0.15, 0.2) is 18.3 Å². The Morgan fingerprint density at radius 3 is 2.50 bits per heavy atom. The van der Waals surface area contributed by atoms with Gasteiger partial charge in [-0.2, -0.15) is 0 Å². The number of pyridine rings is 1. The molecule has 1 saturated carbocycles. The van der Waals surface area contributed by atoms with E-state index in [0.717, 1.165) is 37.1 Å². The van der Waals surface area contributed by atoms with Crippen molar-refractivity contribution in [1.82, 2.24) is 10.4 Å². The highest BCUT2D eigenvalue weighted by atomic mass is 16.5. The van der Waals surface area contributed by atoms with Crippen LogP contribution >= 0.6 is 0 Å². The molecule has 0 amide bonds. The third-order valence-corrected chi connectivity index (χ3v) is 4.34. The first-order valence-electron chi connectivity index (χ1n) is 7.27. The van der Waals surface area contributed by atoms with E-state index in [1.807, 2.05) is 12.1 Å². The van der Waals surface area contributed by atoms with Crippen LogP contribution in [-0.2, 0) is 4.74 Å². The molecule has 1 aliphatic carbocycles. The average Bonchev–Trinajstić information content (AvgIpc) is 2.75. The number of nitrogens with two attached hydrogens (primary N) is 1. The fourth-order valence-electron chi connectivity index (χ4n) is 3.21. The highest BCUT2D eigenvalue weighted by Crippen LogP contribution is 2.41. The summed E-state index contributed by atoms with van der Waals surface area (Å²) in [6.07, 6.45) is 8.55. The summed E-state index contributed by atoms with van der Waals surface area (Å²) in [4.78, 5) is 4.47. The molecule has 1 atom stereocenters. The molecule has 0 spiro atoms. The normalized spacial score (nSPS) is 20.1. The second kappa shape index (κ2) is 7.02. The SMILES string of the molecule is COc1cccnc1C(NN)C1(OC)CCCCCC1. The van der Waals surface area contributed by atoms with Crippen LogP contribution in [0.25, 0.3) is 0 Å².